The topological polar surface area (TPSA) is 104 Å². The maximum Gasteiger partial charge on any atom is 0.182 e. The van der Waals surface area contributed by atoms with Gasteiger partial charge in [0.15, 0.2) is 15.7 Å². The first-order valence-electron chi connectivity index (χ1n) is 6.49. The van der Waals surface area contributed by atoms with Gasteiger partial charge in [0.05, 0.1) is 17.5 Å². The van der Waals surface area contributed by atoms with Gasteiger partial charge in [-0.1, -0.05) is 0 Å². The minimum Gasteiger partial charge on any atom is -0.399 e. The summed E-state index contributed by atoms with van der Waals surface area (Å²) in [5.41, 5.74) is 6.31. The van der Waals surface area contributed by atoms with Crippen LogP contribution in [-0.4, -0.2) is 40.1 Å². The number of sulfone groups is 1. The second-order valence-electron chi connectivity index (χ2n) is 5.13. The van der Waals surface area contributed by atoms with Crippen LogP contribution in [0.2, 0.25) is 0 Å². The monoisotopic (exact) mass is 311 g/mol. The van der Waals surface area contributed by atoms with E-state index in [0.717, 1.165) is 0 Å². The van der Waals surface area contributed by atoms with Gasteiger partial charge in [0, 0.05) is 11.3 Å². The fourth-order valence-electron chi connectivity index (χ4n) is 2.56. The number of nitrogens with two attached hydrogens (primary N) is 1. The molecule has 0 radical (unpaired) electrons. The van der Waals surface area contributed by atoms with E-state index >= 15 is 0 Å². The van der Waals surface area contributed by atoms with E-state index in [0.29, 0.717) is 24.2 Å². The lowest BCUT2D eigenvalue weighted by atomic mass is 10.1. The Kier molecular flexibility index (Phi) is 3.36. The number of hydrogen-bond acceptors (Lipinski definition) is 6. The third-order valence-corrected chi connectivity index (χ3v) is 5.26. The van der Waals surface area contributed by atoms with Crippen LogP contribution in [0.5, 0.6) is 0 Å². The number of hydrogen-bond donors (Lipinski definition) is 1. The molecule has 1 aliphatic heterocycles. The van der Waals surface area contributed by atoms with Crippen LogP contribution >= 0.6 is 0 Å². The van der Waals surface area contributed by atoms with E-state index in [9.17, 15) is 12.8 Å². The molecule has 1 aromatic heterocycles. The summed E-state index contributed by atoms with van der Waals surface area (Å²) in [5.74, 6) is 0.0168. The summed E-state index contributed by atoms with van der Waals surface area (Å²) in [6, 6.07) is 3.69. The van der Waals surface area contributed by atoms with E-state index in [-0.39, 0.29) is 23.2 Å². The van der Waals surface area contributed by atoms with Crippen LogP contribution in [0.15, 0.2) is 18.2 Å². The van der Waals surface area contributed by atoms with Crippen LogP contribution in [0.25, 0.3) is 11.4 Å². The van der Waals surface area contributed by atoms with Crippen molar-refractivity contribution in [2.45, 2.75) is 18.9 Å². The average Bonchev–Trinajstić information content (AvgIpc) is 2.85. The SMILES string of the molecule is Nc1cc(F)cc(-c2nnnn2C2CCCS(=O)(=O)C2)c1. The Morgan fingerprint density at radius 3 is 2.86 bits per heavy atom. The van der Waals surface area contributed by atoms with Gasteiger partial charge < -0.3 is 5.73 Å². The van der Waals surface area contributed by atoms with E-state index in [4.69, 9.17) is 5.73 Å². The summed E-state index contributed by atoms with van der Waals surface area (Å²) in [7, 11) is -3.09. The number of halogens is 1. The van der Waals surface area contributed by atoms with Crippen molar-refractivity contribution in [2.75, 3.05) is 17.2 Å². The lowest BCUT2D eigenvalue weighted by molar-refractivity contribution is 0.429. The summed E-state index contributed by atoms with van der Waals surface area (Å²) in [6.07, 6.45) is 1.24. The zero-order valence-corrected chi connectivity index (χ0v) is 11.9. The first kappa shape index (κ1) is 13.9. The van der Waals surface area contributed by atoms with Gasteiger partial charge in [0.1, 0.15) is 5.82 Å². The Labute approximate surface area is 120 Å². The highest BCUT2D eigenvalue weighted by Crippen LogP contribution is 2.28. The predicted molar refractivity (Wildman–Crippen MR) is 74.5 cm³/mol. The highest BCUT2D eigenvalue weighted by Gasteiger charge is 2.29. The molecule has 1 saturated heterocycles. The Balaban J connectivity index is 2.01. The lowest BCUT2D eigenvalue weighted by Gasteiger charge is -2.22. The molecule has 1 fully saturated rings. The third-order valence-electron chi connectivity index (χ3n) is 3.46. The minimum atomic E-state index is -3.09. The van der Waals surface area contributed by atoms with E-state index in [2.05, 4.69) is 15.5 Å². The fraction of sp³-hybridized carbons (Fsp3) is 0.417. The van der Waals surface area contributed by atoms with Crippen molar-refractivity contribution in [1.82, 2.24) is 20.2 Å². The van der Waals surface area contributed by atoms with E-state index in [1.54, 1.807) is 6.07 Å². The molecule has 0 spiro atoms. The molecule has 112 valence electrons. The van der Waals surface area contributed by atoms with Crippen molar-refractivity contribution in [3.05, 3.63) is 24.0 Å². The number of rotatable bonds is 2. The predicted octanol–water partition coefficient (Wildman–Crippen LogP) is 0.811. The molecule has 21 heavy (non-hydrogen) atoms. The van der Waals surface area contributed by atoms with Gasteiger partial charge in [0.2, 0.25) is 0 Å². The summed E-state index contributed by atoms with van der Waals surface area (Å²) < 4.78 is 38.4. The molecule has 0 amide bonds. The van der Waals surface area contributed by atoms with Gasteiger partial charge in [-0.2, -0.15) is 0 Å². The number of tetrazole rings is 1. The smallest absolute Gasteiger partial charge is 0.182 e. The highest BCUT2D eigenvalue weighted by molar-refractivity contribution is 7.91. The molecule has 9 heteroatoms. The quantitative estimate of drug-likeness (QED) is 0.823. The number of nitrogens with zero attached hydrogens (tertiary/aromatic N) is 4. The van der Waals surface area contributed by atoms with Gasteiger partial charge in [-0.25, -0.2) is 17.5 Å². The van der Waals surface area contributed by atoms with E-state index in [1.165, 1.54) is 16.8 Å². The Bertz CT molecular complexity index is 753. The fourth-order valence-corrected chi connectivity index (χ4v) is 4.23. The molecule has 1 aromatic carbocycles. The van der Waals surface area contributed by atoms with Crippen molar-refractivity contribution >= 4 is 15.5 Å². The molecule has 1 aliphatic rings. The number of benzene rings is 1. The van der Waals surface area contributed by atoms with Gasteiger partial charge in [-0.05, 0) is 41.5 Å². The Morgan fingerprint density at radius 2 is 2.14 bits per heavy atom. The maximum atomic E-state index is 13.5. The van der Waals surface area contributed by atoms with E-state index in [1.807, 2.05) is 0 Å². The Hall–Kier alpha value is -2.03. The highest BCUT2D eigenvalue weighted by atomic mass is 32.2. The molecule has 1 unspecified atom stereocenters. The maximum absolute atomic E-state index is 13.5. The number of nitrogen functional groups attached to an aromatic ring is 1. The zero-order chi connectivity index (χ0) is 15.0. The van der Waals surface area contributed by atoms with Crippen LogP contribution in [-0.2, 0) is 9.84 Å². The molecular formula is C12H14FN5O2S. The van der Waals surface area contributed by atoms with Crippen molar-refractivity contribution in [2.24, 2.45) is 0 Å². The second-order valence-corrected chi connectivity index (χ2v) is 7.36. The first-order chi connectivity index (χ1) is 9.94. The summed E-state index contributed by atoms with van der Waals surface area (Å²) in [6.45, 7) is 0. The van der Waals surface area contributed by atoms with Crippen LogP contribution in [0.1, 0.15) is 18.9 Å². The number of aromatic nitrogens is 4. The molecule has 2 N–H and O–H groups in total. The molecular weight excluding hydrogens is 297 g/mol. The van der Waals surface area contributed by atoms with Crippen molar-refractivity contribution < 1.29 is 12.8 Å². The molecule has 0 saturated carbocycles. The summed E-state index contributed by atoms with van der Waals surface area (Å²) in [4.78, 5) is 0. The van der Waals surface area contributed by atoms with Crippen molar-refractivity contribution in [3.8, 4) is 11.4 Å². The molecule has 0 aliphatic carbocycles. The van der Waals surface area contributed by atoms with Gasteiger partial charge in [-0.3, -0.25) is 0 Å². The van der Waals surface area contributed by atoms with Crippen LogP contribution in [0, 0.1) is 5.82 Å². The van der Waals surface area contributed by atoms with Gasteiger partial charge in [-0.15, -0.1) is 5.10 Å². The van der Waals surface area contributed by atoms with Gasteiger partial charge in [0.25, 0.3) is 0 Å². The average molecular weight is 311 g/mol. The third kappa shape index (κ3) is 2.87. The molecule has 1 atom stereocenters. The first-order valence-corrected chi connectivity index (χ1v) is 8.31. The van der Waals surface area contributed by atoms with Gasteiger partial charge >= 0.3 is 0 Å². The van der Waals surface area contributed by atoms with Crippen LogP contribution in [0.4, 0.5) is 10.1 Å². The lowest BCUT2D eigenvalue weighted by Crippen LogP contribution is -2.28. The standard InChI is InChI=1S/C12H14FN5O2S/c13-9-4-8(5-10(14)6-9)12-15-16-17-18(12)11-2-1-3-21(19,20)7-11/h4-6,11H,1-3,7,14H2. The summed E-state index contributed by atoms with van der Waals surface area (Å²) >= 11 is 0. The zero-order valence-electron chi connectivity index (χ0n) is 11.1. The normalized spacial score (nSPS) is 21.3. The second kappa shape index (κ2) is 5.06. The largest absolute Gasteiger partial charge is 0.399 e. The minimum absolute atomic E-state index is 0.00413. The van der Waals surface area contributed by atoms with Crippen LogP contribution in [0.3, 0.4) is 0 Å². The van der Waals surface area contributed by atoms with Crippen molar-refractivity contribution in [3.63, 3.8) is 0 Å². The molecule has 7 nitrogen and oxygen atoms in total. The van der Waals surface area contributed by atoms with Crippen LogP contribution < -0.4 is 5.73 Å². The molecule has 2 aromatic rings. The molecule has 0 bridgehead atoms. The molecule has 3 rings (SSSR count). The molecule has 2 heterocycles. The Morgan fingerprint density at radius 1 is 1.33 bits per heavy atom. The van der Waals surface area contributed by atoms with Crippen molar-refractivity contribution in [1.29, 1.82) is 0 Å². The van der Waals surface area contributed by atoms with E-state index < -0.39 is 15.7 Å². The number of anilines is 1. The summed E-state index contributed by atoms with van der Waals surface area (Å²) in [5, 5.41) is 11.3.